The number of hydrogen-bond acceptors (Lipinski definition) is 3. The number of hydrogen-bond donors (Lipinski definition) is 2. The molecule has 0 fully saturated rings. The normalized spacial score (nSPS) is 12.3. The molecule has 0 aliphatic rings. The van der Waals surface area contributed by atoms with Crippen molar-refractivity contribution in [1.82, 2.24) is 10.6 Å². The van der Waals surface area contributed by atoms with Gasteiger partial charge in [0, 0.05) is 32.7 Å². The fraction of sp³-hybridized carbons (Fsp3) is 0.421. The van der Waals surface area contributed by atoms with Crippen LogP contribution in [0.2, 0.25) is 0 Å². The van der Waals surface area contributed by atoms with Crippen molar-refractivity contribution < 1.29 is 9.15 Å². The van der Waals surface area contributed by atoms with Gasteiger partial charge in [0.05, 0.1) is 12.9 Å². The SMILES string of the molecule is COCC(C)NC(=NCCc1ccco1)NCCc1ccccc1.I. The van der Waals surface area contributed by atoms with Crippen molar-refractivity contribution in [2.45, 2.75) is 25.8 Å². The van der Waals surface area contributed by atoms with Gasteiger partial charge in [0.2, 0.25) is 0 Å². The van der Waals surface area contributed by atoms with Crippen molar-refractivity contribution in [3.63, 3.8) is 0 Å². The highest BCUT2D eigenvalue weighted by atomic mass is 127. The second-order valence-electron chi connectivity index (χ2n) is 5.72. The molecule has 0 bridgehead atoms. The maximum atomic E-state index is 5.34. The second-order valence-corrected chi connectivity index (χ2v) is 5.72. The predicted molar refractivity (Wildman–Crippen MR) is 113 cm³/mol. The zero-order valence-electron chi connectivity index (χ0n) is 14.9. The number of aliphatic imine (C=N–C) groups is 1. The minimum atomic E-state index is 0. The van der Waals surface area contributed by atoms with E-state index in [4.69, 9.17) is 9.15 Å². The van der Waals surface area contributed by atoms with Gasteiger partial charge in [-0.3, -0.25) is 4.99 Å². The van der Waals surface area contributed by atoms with Gasteiger partial charge in [-0.2, -0.15) is 0 Å². The lowest BCUT2D eigenvalue weighted by atomic mass is 10.1. The van der Waals surface area contributed by atoms with Crippen LogP contribution < -0.4 is 10.6 Å². The minimum Gasteiger partial charge on any atom is -0.469 e. The van der Waals surface area contributed by atoms with Crippen LogP contribution in [0.5, 0.6) is 0 Å². The van der Waals surface area contributed by atoms with E-state index in [1.807, 2.05) is 18.2 Å². The molecule has 1 aromatic carbocycles. The van der Waals surface area contributed by atoms with Crippen molar-refractivity contribution in [3.8, 4) is 0 Å². The second kappa shape index (κ2) is 12.8. The van der Waals surface area contributed by atoms with Gasteiger partial charge >= 0.3 is 0 Å². The summed E-state index contributed by atoms with van der Waals surface area (Å²) in [6, 6.07) is 14.5. The van der Waals surface area contributed by atoms with Gasteiger partial charge in [0.15, 0.2) is 5.96 Å². The van der Waals surface area contributed by atoms with E-state index in [9.17, 15) is 0 Å². The summed E-state index contributed by atoms with van der Waals surface area (Å²) in [7, 11) is 1.70. The van der Waals surface area contributed by atoms with E-state index in [1.165, 1.54) is 5.56 Å². The summed E-state index contributed by atoms with van der Waals surface area (Å²) in [5.74, 6) is 1.76. The summed E-state index contributed by atoms with van der Waals surface area (Å²) in [5.41, 5.74) is 1.31. The maximum Gasteiger partial charge on any atom is 0.191 e. The molecule has 1 aromatic heterocycles. The number of furan rings is 1. The van der Waals surface area contributed by atoms with Crippen LogP contribution in [-0.2, 0) is 17.6 Å². The van der Waals surface area contributed by atoms with Gasteiger partial charge in [-0.1, -0.05) is 30.3 Å². The first kappa shape index (κ1) is 21.5. The van der Waals surface area contributed by atoms with Gasteiger partial charge in [-0.25, -0.2) is 0 Å². The molecule has 2 aromatic rings. The van der Waals surface area contributed by atoms with E-state index < -0.39 is 0 Å². The Balaban J connectivity index is 0.00000312. The zero-order chi connectivity index (χ0) is 17.0. The van der Waals surface area contributed by atoms with Crippen molar-refractivity contribution in [2.24, 2.45) is 4.99 Å². The third kappa shape index (κ3) is 8.92. The molecule has 138 valence electrons. The lowest BCUT2D eigenvalue weighted by molar-refractivity contribution is 0.179. The molecule has 1 heterocycles. The van der Waals surface area contributed by atoms with Crippen LogP contribution in [0.4, 0.5) is 0 Å². The lowest BCUT2D eigenvalue weighted by Crippen LogP contribution is -2.44. The Kier molecular flexibility index (Phi) is 11.0. The van der Waals surface area contributed by atoms with Gasteiger partial charge in [0.1, 0.15) is 5.76 Å². The van der Waals surface area contributed by atoms with E-state index in [2.05, 4.69) is 46.8 Å². The predicted octanol–water partition coefficient (Wildman–Crippen LogP) is 3.25. The van der Waals surface area contributed by atoms with Gasteiger partial charge in [0.25, 0.3) is 0 Å². The molecule has 2 rings (SSSR count). The Bertz CT molecular complexity index is 588. The van der Waals surface area contributed by atoms with Crippen molar-refractivity contribution in [2.75, 3.05) is 26.8 Å². The summed E-state index contributed by atoms with van der Waals surface area (Å²) in [4.78, 5) is 4.63. The van der Waals surface area contributed by atoms with Gasteiger partial charge < -0.3 is 19.8 Å². The van der Waals surface area contributed by atoms with Crippen LogP contribution >= 0.6 is 24.0 Å². The van der Waals surface area contributed by atoms with Crippen molar-refractivity contribution in [3.05, 3.63) is 60.1 Å². The summed E-state index contributed by atoms with van der Waals surface area (Å²) >= 11 is 0. The average Bonchev–Trinajstić information content (AvgIpc) is 3.09. The molecule has 0 spiro atoms. The van der Waals surface area contributed by atoms with Crippen LogP contribution in [0.1, 0.15) is 18.2 Å². The lowest BCUT2D eigenvalue weighted by Gasteiger charge is -2.17. The third-order valence-electron chi connectivity index (χ3n) is 3.56. The molecule has 0 aliphatic carbocycles. The Labute approximate surface area is 167 Å². The van der Waals surface area contributed by atoms with Gasteiger partial charge in [-0.15, -0.1) is 24.0 Å². The topological polar surface area (TPSA) is 58.8 Å². The largest absolute Gasteiger partial charge is 0.469 e. The number of nitrogens with one attached hydrogen (secondary N) is 2. The monoisotopic (exact) mass is 457 g/mol. The fourth-order valence-electron chi connectivity index (χ4n) is 2.38. The Morgan fingerprint density at radius 3 is 2.64 bits per heavy atom. The molecule has 6 heteroatoms. The molecule has 25 heavy (non-hydrogen) atoms. The third-order valence-corrected chi connectivity index (χ3v) is 3.56. The maximum absolute atomic E-state index is 5.34. The van der Waals surface area contributed by atoms with Crippen LogP contribution in [0.3, 0.4) is 0 Å². The highest BCUT2D eigenvalue weighted by molar-refractivity contribution is 14.0. The number of rotatable bonds is 9. The highest BCUT2D eigenvalue weighted by Crippen LogP contribution is 2.01. The van der Waals surface area contributed by atoms with Crippen LogP contribution in [-0.4, -0.2) is 38.8 Å². The van der Waals surface area contributed by atoms with E-state index >= 15 is 0 Å². The number of benzene rings is 1. The highest BCUT2D eigenvalue weighted by Gasteiger charge is 2.05. The summed E-state index contributed by atoms with van der Waals surface area (Å²) in [5, 5.41) is 6.76. The number of halogens is 1. The quantitative estimate of drug-likeness (QED) is 0.345. The molecule has 0 saturated carbocycles. The Morgan fingerprint density at radius 1 is 1.16 bits per heavy atom. The summed E-state index contributed by atoms with van der Waals surface area (Å²) < 4.78 is 10.5. The molecule has 5 nitrogen and oxygen atoms in total. The van der Waals surface area contributed by atoms with E-state index in [1.54, 1.807) is 13.4 Å². The molecule has 0 amide bonds. The standard InChI is InChI=1S/C19H27N3O2.HI/c1-16(15-23-2)22-19(21-13-11-18-9-6-14-24-18)20-12-10-17-7-4-3-5-8-17;/h3-9,14,16H,10-13,15H2,1-2H3,(H2,20,21,22);1H. The Hall–Kier alpha value is -1.54. The van der Waals surface area contributed by atoms with Crippen molar-refractivity contribution in [1.29, 1.82) is 0 Å². The molecular weight excluding hydrogens is 429 g/mol. The van der Waals surface area contributed by atoms with Crippen LogP contribution in [0.25, 0.3) is 0 Å². The average molecular weight is 457 g/mol. The summed E-state index contributed by atoms with van der Waals surface area (Å²) in [6.07, 6.45) is 3.44. The molecule has 2 N–H and O–H groups in total. The van der Waals surface area contributed by atoms with Crippen molar-refractivity contribution >= 4 is 29.9 Å². The van der Waals surface area contributed by atoms with E-state index in [0.717, 1.165) is 31.1 Å². The molecule has 1 unspecified atom stereocenters. The van der Waals surface area contributed by atoms with Gasteiger partial charge in [-0.05, 0) is 31.0 Å². The molecular formula is C19H28IN3O2. The van der Waals surface area contributed by atoms with Crippen LogP contribution in [0.15, 0.2) is 58.1 Å². The van der Waals surface area contributed by atoms with E-state index in [0.29, 0.717) is 13.2 Å². The minimum absolute atomic E-state index is 0. The molecule has 0 aliphatic heterocycles. The zero-order valence-corrected chi connectivity index (χ0v) is 17.2. The molecule has 0 saturated heterocycles. The first-order valence-corrected chi connectivity index (χ1v) is 8.38. The number of guanidine groups is 1. The van der Waals surface area contributed by atoms with E-state index in [-0.39, 0.29) is 30.0 Å². The fourth-order valence-corrected chi connectivity index (χ4v) is 2.38. The first-order valence-electron chi connectivity index (χ1n) is 8.38. The number of nitrogens with zero attached hydrogens (tertiary/aromatic N) is 1. The smallest absolute Gasteiger partial charge is 0.191 e. The summed E-state index contributed by atoms with van der Waals surface area (Å²) in [6.45, 7) is 4.21. The van der Waals surface area contributed by atoms with Crippen LogP contribution in [0, 0.1) is 0 Å². The number of methoxy groups -OCH3 is 1. The molecule has 1 atom stereocenters. The first-order chi connectivity index (χ1) is 11.8. The Morgan fingerprint density at radius 2 is 1.96 bits per heavy atom. The number of ether oxygens (including phenoxy) is 1. The molecule has 0 radical (unpaired) electrons.